The van der Waals surface area contributed by atoms with Crippen molar-refractivity contribution in [1.82, 2.24) is 24.5 Å². The molecule has 6 nitrogen and oxygen atoms in total. The molecule has 8 heteroatoms. The third-order valence-corrected chi connectivity index (χ3v) is 3.21. The summed E-state index contributed by atoms with van der Waals surface area (Å²) in [5, 5.41) is 3.96. The Hall–Kier alpha value is -2.38. The van der Waals surface area contributed by atoms with Crippen molar-refractivity contribution in [2.45, 2.75) is 18.9 Å². The van der Waals surface area contributed by atoms with Crippen LogP contribution in [0.1, 0.15) is 24.2 Å². The van der Waals surface area contributed by atoms with Crippen LogP contribution in [0.4, 0.5) is 8.78 Å². The highest BCUT2D eigenvalue weighted by atomic mass is 19.3. The number of alkyl halides is 2. The number of carbonyl (C=O) groups is 1. The molecule has 0 aromatic carbocycles. The highest BCUT2D eigenvalue weighted by Gasteiger charge is 2.33. The van der Waals surface area contributed by atoms with Crippen molar-refractivity contribution in [3.63, 3.8) is 0 Å². The number of rotatable bonds is 4. The van der Waals surface area contributed by atoms with E-state index in [-0.39, 0.29) is 17.5 Å². The second kappa shape index (κ2) is 4.62. The van der Waals surface area contributed by atoms with Gasteiger partial charge in [0.15, 0.2) is 0 Å². The monoisotopic (exact) mass is 279 g/mol. The van der Waals surface area contributed by atoms with Gasteiger partial charge in [-0.3, -0.25) is 4.79 Å². The molecule has 0 aliphatic heterocycles. The molecule has 2 aromatic rings. The van der Waals surface area contributed by atoms with Crippen LogP contribution in [0.5, 0.6) is 0 Å². The number of amides is 1. The predicted molar refractivity (Wildman–Crippen MR) is 65.9 cm³/mol. The van der Waals surface area contributed by atoms with Gasteiger partial charge in [-0.2, -0.15) is 14.6 Å². The number of likely N-dealkylation sites (N-methyl/N-ethyl adjacent to an activating group) is 1. The fourth-order valence-electron chi connectivity index (χ4n) is 2.06. The lowest BCUT2D eigenvalue weighted by molar-refractivity contribution is -0.117. The molecule has 0 saturated heterocycles. The Morgan fingerprint density at radius 3 is 3.05 bits per heavy atom. The van der Waals surface area contributed by atoms with Crippen LogP contribution in [0.15, 0.2) is 18.0 Å². The topological polar surface area (TPSA) is 63.4 Å². The Labute approximate surface area is 112 Å². The van der Waals surface area contributed by atoms with Crippen LogP contribution >= 0.6 is 0 Å². The molecule has 3 rings (SSSR count). The molecule has 0 radical (unpaired) electrons. The van der Waals surface area contributed by atoms with Crippen molar-refractivity contribution in [1.29, 1.82) is 0 Å². The first-order valence-electron chi connectivity index (χ1n) is 5.96. The van der Waals surface area contributed by atoms with Crippen LogP contribution in [-0.4, -0.2) is 44.0 Å². The maximum atomic E-state index is 12.8. The van der Waals surface area contributed by atoms with Crippen LogP contribution in [0.3, 0.4) is 0 Å². The third-order valence-electron chi connectivity index (χ3n) is 3.21. The lowest BCUT2D eigenvalue weighted by Crippen LogP contribution is -2.18. The molecule has 0 bridgehead atoms. The van der Waals surface area contributed by atoms with Crippen LogP contribution < -0.4 is 0 Å². The molecule has 1 aliphatic carbocycles. The van der Waals surface area contributed by atoms with Gasteiger partial charge in [-0.1, -0.05) is 0 Å². The second-order valence-corrected chi connectivity index (χ2v) is 4.59. The van der Waals surface area contributed by atoms with Gasteiger partial charge in [-0.25, -0.2) is 13.8 Å². The van der Waals surface area contributed by atoms with Crippen LogP contribution in [0.2, 0.25) is 0 Å². The molecule has 1 aliphatic rings. The van der Waals surface area contributed by atoms with Crippen molar-refractivity contribution < 1.29 is 13.6 Å². The van der Waals surface area contributed by atoms with Crippen molar-refractivity contribution in [2.75, 3.05) is 7.05 Å². The van der Waals surface area contributed by atoms with E-state index >= 15 is 0 Å². The van der Waals surface area contributed by atoms with E-state index < -0.39 is 6.43 Å². The molecule has 0 spiro atoms. The Morgan fingerprint density at radius 2 is 2.35 bits per heavy atom. The van der Waals surface area contributed by atoms with E-state index in [1.807, 2.05) is 0 Å². The highest BCUT2D eigenvalue weighted by Crippen LogP contribution is 2.35. The molecule has 0 N–H and O–H groups in total. The van der Waals surface area contributed by atoms with E-state index in [1.54, 1.807) is 18.0 Å². The Morgan fingerprint density at radius 1 is 1.55 bits per heavy atom. The minimum atomic E-state index is -2.67. The first-order chi connectivity index (χ1) is 9.60. The van der Waals surface area contributed by atoms with Crippen molar-refractivity contribution in [2.24, 2.45) is 0 Å². The zero-order valence-corrected chi connectivity index (χ0v) is 10.6. The van der Waals surface area contributed by atoms with Crippen LogP contribution in [0.25, 0.3) is 11.9 Å². The van der Waals surface area contributed by atoms with E-state index in [0.717, 1.165) is 18.4 Å². The fourth-order valence-corrected chi connectivity index (χ4v) is 2.06. The van der Waals surface area contributed by atoms with Gasteiger partial charge in [0.2, 0.25) is 6.41 Å². The lowest BCUT2D eigenvalue weighted by Gasteiger charge is -2.06. The SMILES string of the molecule is CN(C=O)[C@@H]1C/C1=C/c1cc(C(F)F)nc2ncnn12. The summed E-state index contributed by atoms with van der Waals surface area (Å²) in [5.41, 5.74) is 1.14. The number of carbonyl (C=O) groups excluding carboxylic acids is 1. The molecule has 2 aromatic heterocycles. The van der Waals surface area contributed by atoms with Crippen molar-refractivity contribution in [3.05, 3.63) is 29.4 Å². The summed E-state index contributed by atoms with van der Waals surface area (Å²) in [4.78, 5) is 19.8. The number of fused-ring (bicyclic) bond motifs is 1. The molecule has 1 amide bonds. The summed E-state index contributed by atoms with van der Waals surface area (Å²) in [6, 6.07) is 1.32. The van der Waals surface area contributed by atoms with Crippen LogP contribution in [0, 0.1) is 0 Å². The first kappa shape index (κ1) is 12.6. The van der Waals surface area contributed by atoms with Gasteiger partial charge in [0.1, 0.15) is 12.0 Å². The molecule has 104 valence electrons. The third kappa shape index (κ3) is 2.13. The fraction of sp³-hybridized carbons (Fsp3) is 0.333. The number of halogens is 2. The summed E-state index contributed by atoms with van der Waals surface area (Å²) in [7, 11) is 1.68. The van der Waals surface area contributed by atoms with Crippen LogP contribution in [-0.2, 0) is 4.79 Å². The lowest BCUT2D eigenvalue weighted by atomic mass is 10.3. The summed E-state index contributed by atoms with van der Waals surface area (Å²) in [5.74, 6) is 0.135. The Bertz CT molecular complexity index is 696. The van der Waals surface area contributed by atoms with E-state index in [0.29, 0.717) is 5.69 Å². The van der Waals surface area contributed by atoms with Gasteiger partial charge < -0.3 is 4.90 Å². The average molecular weight is 279 g/mol. The summed E-state index contributed by atoms with van der Waals surface area (Å²) in [6.07, 6.45) is 1.83. The van der Waals surface area contributed by atoms with Crippen molar-refractivity contribution in [3.8, 4) is 0 Å². The molecular formula is C12H11F2N5O. The number of nitrogens with zero attached hydrogens (tertiary/aromatic N) is 5. The zero-order valence-electron chi connectivity index (χ0n) is 10.6. The van der Waals surface area contributed by atoms with Gasteiger partial charge in [-0.05, 0) is 24.1 Å². The molecular weight excluding hydrogens is 268 g/mol. The molecule has 2 heterocycles. The summed E-state index contributed by atoms with van der Waals surface area (Å²) in [6.45, 7) is 0. The molecule has 0 unspecified atom stereocenters. The highest BCUT2D eigenvalue weighted by molar-refractivity contribution is 5.62. The minimum absolute atomic E-state index is 0.0363. The van der Waals surface area contributed by atoms with Gasteiger partial charge in [0.05, 0.1) is 11.7 Å². The van der Waals surface area contributed by atoms with E-state index in [4.69, 9.17) is 0 Å². The van der Waals surface area contributed by atoms with Gasteiger partial charge >= 0.3 is 0 Å². The van der Waals surface area contributed by atoms with Gasteiger partial charge in [-0.15, -0.1) is 0 Å². The number of hydrogen-bond donors (Lipinski definition) is 0. The van der Waals surface area contributed by atoms with Gasteiger partial charge in [0.25, 0.3) is 12.2 Å². The maximum absolute atomic E-state index is 12.8. The molecule has 1 saturated carbocycles. The molecule has 1 fully saturated rings. The van der Waals surface area contributed by atoms with E-state index in [2.05, 4.69) is 15.1 Å². The Balaban J connectivity index is 2.01. The smallest absolute Gasteiger partial charge is 0.280 e. The summed E-state index contributed by atoms with van der Waals surface area (Å²) >= 11 is 0. The number of aromatic nitrogens is 4. The number of hydrogen-bond acceptors (Lipinski definition) is 4. The largest absolute Gasteiger partial charge is 0.341 e. The van der Waals surface area contributed by atoms with Crippen molar-refractivity contribution >= 4 is 18.3 Å². The minimum Gasteiger partial charge on any atom is -0.341 e. The molecule has 20 heavy (non-hydrogen) atoms. The quantitative estimate of drug-likeness (QED) is 0.791. The maximum Gasteiger partial charge on any atom is 0.280 e. The predicted octanol–water partition coefficient (Wildman–Crippen LogP) is 1.31. The zero-order chi connectivity index (χ0) is 14.3. The first-order valence-corrected chi connectivity index (χ1v) is 5.96. The van der Waals surface area contributed by atoms with E-state index in [1.165, 1.54) is 16.9 Å². The standard InChI is InChI=1S/C12H11F2N5O/c1-18(6-20)10-3-7(10)2-8-4-9(11(13)14)17-12-15-5-16-19(8)12/h2,4-6,10-11H,3H2,1H3/b7-2-/t10-/m1/s1. The van der Waals surface area contributed by atoms with E-state index in [9.17, 15) is 13.6 Å². The average Bonchev–Trinajstić information content (AvgIpc) is 3.02. The summed E-state index contributed by atoms with van der Waals surface area (Å²) < 4.78 is 27.0. The normalized spacial score (nSPS) is 19.8. The Kier molecular flexibility index (Phi) is 2.92. The molecule has 1 atom stereocenters. The second-order valence-electron chi connectivity index (χ2n) is 4.59. The van der Waals surface area contributed by atoms with Gasteiger partial charge in [0, 0.05) is 7.05 Å².